The van der Waals surface area contributed by atoms with Crippen LogP contribution in [-0.4, -0.2) is 56.3 Å². The molecule has 7 nitrogen and oxygen atoms in total. The number of nitrogens with zero attached hydrogens (tertiary/aromatic N) is 7. The van der Waals surface area contributed by atoms with Crippen LogP contribution in [0, 0.1) is 12.7 Å². The highest BCUT2D eigenvalue weighted by Gasteiger charge is 2.31. The Hall–Kier alpha value is -3.40. The molecule has 0 saturated carbocycles. The summed E-state index contributed by atoms with van der Waals surface area (Å²) in [6.45, 7) is 6.05. The minimum Gasteiger partial charge on any atom is -0.345 e. The van der Waals surface area contributed by atoms with Crippen molar-refractivity contribution in [3.8, 4) is 0 Å². The van der Waals surface area contributed by atoms with Crippen molar-refractivity contribution in [1.82, 2.24) is 30.1 Å². The molecule has 1 fully saturated rings. The van der Waals surface area contributed by atoms with Gasteiger partial charge in [0.1, 0.15) is 5.82 Å². The molecule has 2 aromatic heterocycles. The Kier molecular flexibility index (Phi) is 7.45. The number of benzene rings is 3. The normalized spacial score (nSPS) is 15.0. The van der Waals surface area contributed by atoms with E-state index in [0.717, 1.165) is 53.8 Å². The van der Waals surface area contributed by atoms with Crippen LogP contribution in [0.15, 0.2) is 72.8 Å². The van der Waals surface area contributed by atoms with Crippen molar-refractivity contribution >= 4 is 39.1 Å². The molecule has 1 saturated heterocycles. The molecule has 3 heterocycles. The van der Waals surface area contributed by atoms with Gasteiger partial charge in [-0.25, -0.2) is 14.1 Å². The van der Waals surface area contributed by atoms with Gasteiger partial charge in [0.2, 0.25) is 0 Å². The van der Waals surface area contributed by atoms with E-state index < -0.39 is 0 Å². The van der Waals surface area contributed by atoms with Gasteiger partial charge in [-0.15, -0.1) is 17.5 Å². The van der Waals surface area contributed by atoms with E-state index in [1.165, 1.54) is 22.4 Å². The second-order valence-corrected chi connectivity index (χ2v) is 10.1. The number of anilines is 1. The first-order valence-electron chi connectivity index (χ1n) is 12.1. The van der Waals surface area contributed by atoms with Crippen LogP contribution in [0.5, 0.6) is 0 Å². The number of aryl methyl sites for hydroxylation is 1. The number of tetrazole rings is 1. The van der Waals surface area contributed by atoms with Crippen molar-refractivity contribution in [2.75, 3.05) is 31.1 Å². The van der Waals surface area contributed by atoms with Gasteiger partial charge in [-0.3, -0.25) is 4.90 Å². The fraction of sp³-hybridized carbons (Fsp3) is 0.259. The number of thiazole rings is 1. The van der Waals surface area contributed by atoms with Gasteiger partial charge >= 0.3 is 0 Å². The predicted molar refractivity (Wildman–Crippen MR) is 147 cm³/mol. The average Bonchev–Trinajstić information content (AvgIpc) is 3.54. The van der Waals surface area contributed by atoms with E-state index in [2.05, 4.69) is 74.7 Å². The molecule has 37 heavy (non-hydrogen) atoms. The zero-order chi connectivity index (χ0) is 24.5. The summed E-state index contributed by atoms with van der Waals surface area (Å²) in [5, 5.41) is 13.9. The van der Waals surface area contributed by atoms with E-state index in [1.54, 1.807) is 23.5 Å². The summed E-state index contributed by atoms with van der Waals surface area (Å²) < 4.78 is 16.5. The summed E-state index contributed by atoms with van der Waals surface area (Å²) in [7, 11) is 0. The molecule has 10 heteroatoms. The lowest BCUT2D eigenvalue weighted by atomic mass is 10.0. The van der Waals surface area contributed by atoms with Gasteiger partial charge in [-0.05, 0) is 52.7 Å². The molecule has 1 atom stereocenters. The van der Waals surface area contributed by atoms with Crippen LogP contribution >= 0.6 is 23.7 Å². The first-order valence-corrected chi connectivity index (χ1v) is 12.9. The number of halogens is 2. The summed E-state index contributed by atoms with van der Waals surface area (Å²) in [5.41, 5.74) is 4.37. The average molecular weight is 536 g/mol. The molecular weight excluding hydrogens is 509 g/mol. The molecule has 0 spiro atoms. The van der Waals surface area contributed by atoms with Gasteiger partial charge in [-0.1, -0.05) is 65.4 Å². The van der Waals surface area contributed by atoms with Crippen LogP contribution in [0.3, 0.4) is 0 Å². The maximum absolute atomic E-state index is 13.4. The molecule has 0 bridgehead atoms. The Balaban J connectivity index is 0.00000280. The zero-order valence-corrected chi connectivity index (χ0v) is 22.0. The molecule has 6 rings (SSSR count). The smallest absolute Gasteiger partial charge is 0.186 e. The van der Waals surface area contributed by atoms with Crippen molar-refractivity contribution in [3.63, 3.8) is 0 Å². The van der Waals surface area contributed by atoms with Gasteiger partial charge in [0.05, 0.1) is 22.8 Å². The predicted octanol–water partition coefficient (Wildman–Crippen LogP) is 5.11. The fourth-order valence-electron chi connectivity index (χ4n) is 4.72. The van der Waals surface area contributed by atoms with Crippen LogP contribution in [-0.2, 0) is 6.54 Å². The molecule has 3 aromatic carbocycles. The number of piperazine rings is 1. The van der Waals surface area contributed by atoms with Crippen LogP contribution in [0.2, 0.25) is 0 Å². The van der Waals surface area contributed by atoms with E-state index in [0.29, 0.717) is 6.54 Å². The van der Waals surface area contributed by atoms with E-state index in [1.807, 2.05) is 10.7 Å². The summed E-state index contributed by atoms with van der Waals surface area (Å²) in [6.07, 6.45) is 0. The van der Waals surface area contributed by atoms with Gasteiger partial charge in [0, 0.05) is 26.2 Å². The molecule has 0 aliphatic carbocycles. The Morgan fingerprint density at radius 2 is 1.65 bits per heavy atom. The lowest BCUT2D eigenvalue weighted by Gasteiger charge is -2.38. The van der Waals surface area contributed by atoms with Crippen molar-refractivity contribution < 1.29 is 4.39 Å². The second-order valence-electron chi connectivity index (χ2n) is 9.12. The summed E-state index contributed by atoms with van der Waals surface area (Å²) in [6, 6.07) is 23.3. The summed E-state index contributed by atoms with van der Waals surface area (Å²) in [4.78, 5) is 9.67. The van der Waals surface area contributed by atoms with E-state index in [4.69, 9.17) is 4.98 Å². The number of hydrogen-bond acceptors (Lipinski definition) is 7. The van der Waals surface area contributed by atoms with Gasteiger partial charge in [0.25, 0.3) is 0 Å². The molecule has 0 amide bonds. The largest absolute Gasteiger partial charge is 0.345 e. The monoisotopic (exact) mass is 535 g/mol. The maximum Gasteiger partial charge on any atom is 0.186 e. The third-order valence-electron chi connectivity index (χ3n) is 6.68. The van der Waals surface area contributed by atoms with Crippen molar-refractivity contribution in [2.45, 2.75) is 19.5 Å². The second kappa shape index (κ2) is 10.9. The molecule has 0 N–H and O–H groups in total. The third-order valence-corrected chi connectivity index (χ3v) is 7.77. The summed E-state index contributed by atoms with van der Waals surface area (Å²) in [5.74, 6) is 0.538. The minimum atomic E-state index is -0.251. The van der Waals surface area contributed by atoms with Crippen molar-refractivity contribution in [1.29, 1.82) is 0 Å². The lowest BCUT2D eigenvalue weighted by molar-refractivity contribution is 0.201. The number of hydrogen-bond donors (Lipinski definition) is 0. The van der Waals surface area contributed by atoms with Crippen LogP contribution in [0.25, 0.3) is 10.2 Å². The number of aromatic nitrogens is 5. The van der Waals surface area contributed by atoms with Crippen molar-refractivity contribution in [2.24, 2.45) is 0 Å². The highest BCUT2D eigenvalue weighted by atomic mass is 35.5. The minimum absolute atomic E-state index is 0. The van der Waals surface area contributed by atoms with Crippen molar-refractivity contribution in [3.05, 3.63) is 101 Å². The molecule has 1 aliphatic rings. The Morgan fingerprint density at radius 1 is 0.919 bits per heavy atom. The third kappa shape index (κ3) is 5.34. The number of fused-ring (bicyclic) bond motifs is 1. The molecule has 1 aliphatic heterocycles. The molecule has 190 valence electrons. The molecule has 5 aromatic rings. The molecular formula is C27H27ClFN7S. The van der Waals surface area contributed by atoms with E-state index in [9.17, 15) is 4.39 Å². The Morgan fingerprint density at radius 3 is 2.38 bits per heavy atom. The maximum atomic E-state index is 13.4. The van der Waals surface area contributed by atoms with Crippen LogP contribution < -0.4 is 4.90 Å². The Bertz CT molecular complexity index is 1430. The van der Waals surface area contributed by atoms with Gasteiger partial charge < -0.3 is 4.90 Å². The molecule has 0 radical (unpaired) electrons. The van der Waals surface area contributed by atoms with E-state index in [-0.39, 0.29) is 24.3 Å². The molecule has 1 unspecified atom stereocenters. The van der Waals surface area contributed by atoms with Gasteiger partial charge in [-0.2, -0.15) is 0 Å². The first-order chi connectivity index (χ1) is 17.6. The van der Waals surface area contributed by atoms with Gasteiger partial charge in [0.15, 0.2) is 11.0 Å². The Labute approximate surface area is 225 Å². The lowest BCUT2D eigenvalue weighted by Crippen LogP contribution is -2.48. The number of para-hydroxylation sites is 1. The standard InChI is InChI=1S/C27H26FN7S.ClH/c1-19-6-10-21(11-7-19)25(26-30-31-32-35(26)18-20-8-12-22(28)13-9-20)33-14-16-34(17-15-33)27-29-23-4-2-3-5-24(23)36-27;/h2-13,25H,14-18H2,1H3;1H. The summed E-state index contributed by atoms with van der Waals surface area (Å²) >= 11 is 1.75. The zero-order valence-electron chi connectivity index (χ0n) is 20.4. The SMILES string of the molecule is Cc1ccc(C(c2nnnn2Cc2ccc(F)cc2)N2CCN(c3nc4ccccc4s3)CC2)cc1.Cl. The first kappa shape index (κ1) is 25.3. The number of rotatable bonds is 6. The topological polar surface area (TPSA) is 63.0 Å². The van der Waals surface area contributed by atoms with Crippen LogP contribution in [0.4, 0.5) is 9.52 Å². The van der Waals surface area contributed by atoms with Crippen LogP contribution in [0.1, 0.15) is 28.6 Å². The fourth-order valence-corrected chi connectivity index (χ4v) is 5.74. The highest BCUT2D eigenvalue weighted by molar-refractivity contribution is 7.22. The highest BCUT2D eigenvalue weighted by Crippen LogP contribution is 2.32. The quantitative estimate of drug-likeness (QED) is 0.301. The van der Waals surface area contributed by atoms with E-state index >= 15 is 0 Å².